The van der Waals surface area contributed by atoms with Gasteiger partial charge in [0.2, 0.25) is 0 Å². The number of hydrogen-bond donors (Lipinski definition) is 0. The summed E-state index contributed by atoms with van der Waals surface area (Å²) in [7, 11) is 0. The van der Waals surface area contributed by atoms with Crippen LogP contribution in [-0.4, -0.2) is 9.85 Å². The number of nitro groups is 2. The molecule has 0 aliphatic heterocycles. The van der Waals surface area contributed by atoms with E-state index in [4.69, 9.17) is 0 Å². The van der Waals surface area contributed by atoms with E-state index in [-0.39, 0.29) is 11.4 Å². The van der Waals surface area contributed by atoms with Crippen molar-refractivity contribution in [3.63, 3.8) is 0 Å². The monoisotopic (exact) mass is 368 g/mol. The van der Waals surface area contributed by atoms with Crippen LogP contribution in [-0.2, 0) is 5.75 Å². The number of rotatable bonds is 5. The van der Waals surface area contributed by atoms with Crippen molar-refractivity contribution in [2.45, 2.75) is 10.6 Å². The molecule has 2 rings (SSSR count). The zero-order valence-electron chi connectivity index (χ0n) is 10.6. The number of benzene rings is 2. The molecule has 8 heteroatoms. The van der Waals surface area contributed by atoms with Gasteiger partial charge in [-0.2, -0.15) is 0 Å². The van der Waals surface area contributed by atoms with E-state index in [2.05, 4.69) is 15.9 Å². The Hall–Kier alpha value is -1.93. The Labute approximate surface area is 132 Å². The van der Waals surface area contributed by atoms with E-state index in [1.165, 1.54) is 23.9 Å². The first kappa shape index (κ1) is 15.5. The molecule has 2 aromatic rings. The van der Waals surface area contributed by atoms with Gasteiger partial charge in [0, 0.05) is 17.9 Å². The standard InChI is InChI=1S/C13H9BrN2O4S/c14-10-6-5-9(7-12(10)16(19)20)8-21-13-4-2-1-3-11(13)15(17)18/h1-7H,8H2. The minimum atomic E-state index is -0.469. The van der Waals surface area contributed by atoms with E-state index in [1.807, 2.05) is 0 Å². The Morgan fingerprint density at radius 2 is 1.67 bits per heavy atom. The first-order valence-electron chi connectivity index (χ1n) is 5.78. The summed E-state index contributed by atoms with van der Waals surface area (Å²) >= 11 is 4.40. The molecular formula is C13H9BrN2O4S. The van der Waals surface area contributed by atoms with E-state index < -0.39 is 9.85 Å². The van der Waals surface area contributed by atoms with E-state index in [1.54, 1.807) is 30.3 Å². The van der Waals surface area contributed by atoms with E-state index >= 15 is 0 Å². The molecule has 0 unspecified atom stereocenters. The van der Waals surface area contributed by atoms with Crippen LogP contribution in [0.4, 0.5) is 11.4 Å². The molecule has 0 fully saturated rings. The van der Waals surface area contributed by atoms with Gasteiger partial charge in [-0.1, -0.05) is 18.2 Å². The molecule has 2 aromatic carbocycles. The Kier molecular flexibility index (Phi) is 4.92. The molecule has 21 heavy (non-hydrogen) atoms. The Balaban J connectivity index is 2.19. The van der Waals surface area contributed by atoms with Gasteiger partial charge in [-0.3, -0.25) is 20.2 Å². The maximum Gasteiger partial charge on any atom is 0.283 e. The van der Waals surface area contributed by atoms with Crippen LogP contribution in [0.2, 0.25) is 0 Å². The normalized spacial score (nSPS) is 10.3. The zero-order valence-corrected chi connectivity index (χ0v) is 13.0. The molecule has 108 valence electrons. The average molecular weight is 369 g/mol. The van der Waals surface area contributed by atoms with Gasteiger partial charge in [0.15, 0.2) is 0 Å². The maximum absolute atomic E-state index is 10.9. The molecule has 0 amide bonds. The van der Waals surface area contributed by atoms with Crippen molar-refractivity contribution in [3.05, 3.63) is 72.7 Å². The summed E-state index contributed by atoms with van der Waals surface area (Å²) in [5.74, 6) is 0.416. The zero-order chi connectivity index (χ0) is 15.4. The van der Waals surface area contributed by atoms with Crippen LogP contribution in [0.15, 0.2) is 51.8 Å². The fourth-order valence-corrected chi connectivity index (χ4v) is 3.04. The molecule has 0 atom stereocenters. The van der Waals surface area contributed by atoms with Gasteiger partial charge in [0.25, 0.3) is 11.4 Å². The van der Waals surface area contributed by atoms with Crippen molar-refractivity contribution in [1.82, 2.24) is 0 Å². The lowest BCUT2D eigenvalue weighted by Crippen LogP contribution is -1.92. The molecule has 0 heterocycles. The van der Waals surface area contributed by atoms with Gasteiger partial charge in [0.1, 0.15) is 0 Å². The highest BCUT2D eigenvalue weighted by atomic mass is 79.9. The second-order valence-corrected chi connectivity index (χ2v) is 5.93. The van der Waals surface area contributed by atoms with Gasteiger partial charge in [-0.25, -0.2) is 0 Å². The minimum absolute atomic E-state index is 0.0179. The van der Waals surface area contributed by atoms with Gasteiger partial charge >= 0.3 is 0 Å². The van der Waals surface area contributed by atoms with Crippen molar-refractivity contribution in [1.29, 1.82) is 0 Å². The number of hydrogen-bond acceptors (Lipinski definition) is 5. The predicted octanol–water partition coefficient (Wildman–Crippen LogP) is 4.56. The highest BCUT2D eigenvalue weighted by Gasteiger charge is 2.15. The van der Waals surface area contributed by atoms with Crippen molar-refractivity contribution >= 4 is 39.1 Å². The molecule has 0 N–H and O–H groups in total. The van der Waals surface area contributed by atoms with Crippen LogP contribution in [0.5, 0.6) is 0 Å². The summed E-state index contributed by atoms with van der Waals surface area (Å²) in [6.07, 6.45) is 0. The molecule has 0 aliphatic rings. The van der Waals surface area contributed by atoms with Crippen LogP contribution >= 0.6 is 27.7 Å². The third-order valence-electron chi connectivity index (χ3n) is 2.66. The lowest BCUT2D eigenvalue weighted by Gasteiger charge is -2.04. The Bertz CT molecular complexity index is 708. The number of nitrogens with zero attached hydrogens (tertiary/aromatic N) is 2. The van der Waals surface area contributed by atoms with Gasteiger partial charge in [0.05, 0.1) is 19.2 Å². The summed E-state index contributed by atoms with van der Waals surface area (Å²) < 4.78 is 0.409. The first-order valence-corrected chi connectivity index (χ1v) is 7.56. The Morgan fingerprint density at radius 3 is 2.33 bits per heavy atom. The summed E-state index contributed by atoms with van der Waals surface area (Å²) in [6.45, 7) is 0. The minimum Gasteiger partial charge on any atom is -0.258 e. The second kappa shape index (κ2) is 6.68. The third kappa shape index (κ3) is 3.79. The quantitative estimate of drug-likeness (QED) is 0.438. The van der Waals surface area contributed by atoms with Crippen LogP contribution < -0.4 is 0 Å². The smallest absolute Gasteiger partial charge is 0.258 e. The van der Waals surface area contributed by atoms with E-state index in [0.29, 0.717) is 15.1 Å². The van der Waals surface area contributed by atoms with Gasteiger partial charge in [-0.15, -0.1) is 11.8 Å². The summed E-state index contributed by atoms with van der Waals surface area (Å²) in [4.78, 5) is 21.4. The highest BCUT2D eigenvalue weighted by Crippen LogP contribution is 2.33. The fourth-order valence-electron chi connectivity index (χ4n) is 1.68. The predicted molar refractivity (Wildman–Crippen MR) is 83.5 cm³/mol. The molecular weight excluding hydrogens is 360 g/mol. The van der Waals surface area contributed by atoms with E-state index in [0.717, 1.165) is 5.56 Å². The summed E-state index contributed by atoms with van der Waals surface area (Å²) in [5, 5.41) is 21.8. The topological polar surface area (TPSA) is 86.3 Å². The fraction of sp³-hybridized carbons (Fsp3) is 0.0769. The SMILES string of the molecule is O=[N+]([O-])c1cc(CSc2ccccc2[N+](=O)[O-])ccc1Br. The molecule has 0 aromatic heterocycles. The van der Waals surface area contributed by atoms with Gasteiger partial charge in [-0.05, 0) is 33.6 Å². The maximum atomic E-state index is 10.9. The van der Waals surface area contributed by atoms with Crippen LogP contribution in [0.25, 0.3) is 0 Å². The van der Waals surface area contributed by atoms with Crippen molar-refractivity contribution in [3.8, 4) is 0 Å². The van der Waals surface area contributed by atoms with Crippen molar-refractivity contribution < 1.29 is 9.85 Å². The number of para-hydroxylation sites is 1. The van der Waals surface area contributed by atoms with Crippen LogP contribution in [0.3, 0.4) is 0 Å². The van der Waals surface area contributed by atoms with Crippen LogP contribution in [0.1, 0.15) is 5.56 Å². The highest BCUT2D eigenvalue weighted by molar-refractivity contribution is 9.10. The second-order valence-electron chi connectivity index (χ2n) is 4.06. The molecule has 6 nitrogen and oxygen atoms in total. The summed E-state index contributed by atoms with van der Waals surface area (Å²) in [5.41, 5.74) is 0.748. The molecule has 0 spiro atoms. The molecule has 0 aliphatic carbocycles. The summed E-state index contributed by atoms with van der Waals surface area (Å²) in [6, 6.07) is 11.2. The molecule has 0 bridgehead atoms. The number of halogens is 1. The largest absolute Gasteiger partial charge is 0.283 e. The average Bonchev–Trinajstić information content (AvgIpc) is 2.46. The lowest BCUT2D eigenvalue weighted by atomic mass is 10.2. The molecule has 0 saturated heterocycles. The van der Waals surface area contributed by atoms with Crippen LogP contribution in [0, 0.1) is 20.2 Å². The van der Waals surface area contributed by atoms with Gasteiger partial charge < -0.3 is 0 Å². The molecule has 0 radical (unpaired) electrons. The Morgan fingerprint density at radius 1 is 1.00 bits per heavy atom. The molecule has 0 saturated carbocycles. The number of thioether (sulfide) groups is 1. The third-order valence-corrected chi connectivity index (χ3v) is 4.47. The van der Waals surface area contributed by atoms with Crippen molar-refractivity contribution in [2.24, 2.45) is 0 Å². The number of nitro benzene ring substituents is 2. The van der Waals surface area contributed by atoms with Crippen molar-refractivity contribution in [2.75, 3.05) is 0 Å². The van der Waals surface area contributed by atoms with E-state index in [9.17, 15) is 20.2 Å². The lowest BCUT2D eigenvalue weighted by molar-refractivity contribution is -0.387. The first-order chi connectivity index (χ1) is 9.99.